The van der Waals surface area contributed by atoms with Crippen LogP contribution in [0.3, 0.4) is 0 Å². The van der Waals surface area contributed by atoms with Crippen molar-refractivity contribution in [2.75, 3.05) is 18.4 Å². The van der Waals surface area contributed by atoms with Gasteiger partial charge in [0.05, 0.1) is 11.3 Å². The van der Waals surface area contributed by atoms with Gasteiger partial charge in [0.2, 0.25) is 5.95 Å². The molecule has 1 N–H and O–H groups in total. The summed E-state index contributed by atoms with van der Waals surface area (Å²) in [7, 11) is 0. The molecular formula is C22H20F2N4O. The maximum absolute atomic E-state index is 14.0. The number of amides is 1. The van der Waals surface area contributed by atoms with Gasteiger partial charge in [-0.15, -0.1) is 0 Å². The number of carbonyl (C=O) groups is 1. The average Bonchev–Trinajstić information content (AvgIpc) is 2.76. The molecule has 1 amide bonds. The van der Waals surface area contributed by atoms with Crippen LogP contribution >= 0.6 is 0 Å². The van der Waals surface area contributed by atoms with Gasteiger partial charge in [-0.1, -0.05) is 12.1 Å². The van der Waals surface area contributed by atoms with Crippen LogP contribution in [0.2, 0.25) is 0 Å². The van der Waals surface area contributed by atoms with Gasteiger partial charge in [0.1, 0.15) is 11.6 Å². The monoisotopic (exact) mass is 394 g/mol. The molecule has 7 heteroatoms. The van der Waals surface area contributed by atoms with Gasteiger partial charge in [-0.05, 0) is 55.3 Å². The number of benzene rings is 2. The van der Waals surface area contributed by atoms with Crippen molar-refractivity contribution in [3.8, 4) is 0 Å². The standard InChI is InChI=1S/C22H20F2N4O/c23-16-7-9-17(10-8-16)26-22-25-12-11-20(27-22)15-4-3-13-28(14-15)21(29)18-5-1-2-6-19(18)24/h1-2,5-12,15H,3-4,13-14H2,(H,25,26,27)/t15-/m1/s1. The molecule has 2 aromatic carbocycles. The summed E-state index contributed by atoms with van der Waals surface area (Å²) in [6, 6.07) is 13.8. The Bertz CT molecular complexity index is 1010. The Labute approximate surface area is 167 Å². The Morgan fingerprint density at radius 3 is 2.66 bits per heavy atom. The van der Waals surface area contributed by atoms with Gasteiger partial charge in [-0.3, -0.25) is 4.79 Å². The van der Waals surface area contributed by atoms with E-state index in [-0.39, 0.29) is 23.2 Å². The van der Waals surface area contributed by atoms with Crippen LogP contribution in [0.1, 0.15) is 34.8 Å². The van der Waals surface area contributed by atoms with Crippen LogP contribution in [0.25, 0.3) is 0 Å². The number of carbonyl (C=O) groups excluding carboxylic acids is 1. The van der Waals surface area contributed by atoms with E-state index in [2.05, 4.69) is 15.3 Å². The molecule has 3 aromatic rings. The molecule has 0 spiro atoms. The summed E-state index contributed by atoms with van der Waals surface area (Å²) in [6.45, 7) is 1.07. The van der Waals surface area contributed by atoms with E-state index >= 15 is 0 Å². The lowest BCUT2D eigenvalue weighted by Crippen LogP contribution is -2.39. The maximum Gasteiger partial charge on any atom is 0.256 e. The highest BCUT2D eigenvalue weighted by molar-refractivity contribution is 5.94. The molecule has 1 aromatic heterocycles. The molecule has 0 saturated carbocycles. The fraction of sp³-hybridized carbons (Fsp3) is 0.227. The first-order chi connectivity index (χ1) is 14.1. The molecular weight excluding hydrogens is 374 g/mol. The Kier molecular flexibility index (Phi) is 5.46. The quantitative estimate of drug-likeness (QED) is 0.707. The molecule has 148 valence electrons. The first-order valence-electron chi connectivity index (χ1n) is 9.49. The molecule has 0 aliphatic carbocycles. The minimum Gasteiger partial charge on any atom is -0.338 e. The molecule has 29 heavy (non-hydrogen) atoms. The second kappa shape index (κ2) is 8.34. The number of likely N-dealkylation sites (tertiary alicyclic amines) is 1. The SMILES string of the molecule is O=C(c1ccccc1F)N1CCC[C@@H](c2ccnc(Nc3ccc(F)cc3)n2)C1. The van der Waals surface area contributed by atoms with Crippen molar-refractivity contribution in [2.24, 2.45) is 0 Å². The second-order valence-corrected chi connectivity index (χ2v) is 7.01. The molecule has 1 atom stereocenters. The number of hydrogen-bond acceptors (Lipinski definition) is 4. The zero-order valence-corrected chi connectivity index (χ0v) is 15.7. The average molecular weight is 394 g/mol. The third-order valence-corrected chi connectivity index (χ3v) is 5.01. The van der Waals surface area contributed by atoms with Gasteiger partial charge in [-0.2, -0.15) is 0 Å². The maximum atomic E-state index is 14.0. The van der Waals surface area contributed by atoms with E-state index in [9.17, 15) is 13.6 Å². The van der Waals surface area contributed by atoms with E-state index < -0.39 is 5.82 Å². The van der Waals surface area contributed by atoms with Gasteiger partial charge < -0.3 is 10.2 Å². The van der Waals surface area contributed by atoms with Crippen LogP contribution < -0.4 is 5.32 Å². The third-order valence-electron chi connectivity index (χ3n) is 5.01. The zero-order valence-electron chi connectivity index (χ0n) is 15.7. The van der Waals surface area contributed by atoms with Crippen LogP contribution in [-0.2, 0) is 0 Å². The second-order valence-electron chi connectivity index (χ2n) is 7.01. The molecule has 4 rings (SSSR count). The van der Waals surface area contributed by atoms with Gasteiger partial charge in [0, 0.05) is 30.9 Å². The number of piperidine rings is 1. The highest BCUT2D eigenvalue weighted by atomic mass is 19.1. The van der Waals surface area contributed by atoms with E-state index in [1.54, 1.807) is 35.4 Å². The van der Waals surface area contributed by atoms with Gasteiger partial charge >= 0.3 is 0 Å². The summed E-state index contributed by atoms with van der Waals surface area (Å²) in [4.78, 5) is 23.2. The Balaban J connectivity index is 1.49. The summed E-state index contributed by atoms with van der Waals surface area (Å²) in [5, 5.41) is 3.06. The molecule has 1 aliphatic rings. The van der Waals surface area contributed by atoms with Crippen molar-refractivity contribution in [3.05, 3.63) is 83.7 Å². The summed E-state index contributed by atoms with van der Waals surface area (Å²) in [5.74, 6) is -0.672. The van der Waals surface area contributed by atoms with Crippen LogP contribution in [0.5, 0.6) is 0 Å². The van der Waals surface area contributed by atoms with Gasteiger partial charge in [-0.25, -0.2) is 18.7 Å². The van der Waals surface area contributed by atoms with Gasteiger partial charge in [0.25, 0.3) is 5.91 Å². The van der Waals surface area contributed by atoms with E-state index in [0.29, 0.717) is 24.7 Å². The van der Waals surface area contributed by atoms with Crippen molar-refractivity contribution in [2.45, 2.75) is 18.8 Å². The molecule has 0 unspecified atom stereocenters. The summed E-state index contributed by atoms with van der Waals surface area (Å²) < 4.78 is 27.1. The van der Waals surface area contributed by atoms with E-state index in [1.807, 2.05) is 6.07 Å². The van der Waals surface area contributed by atoms with Crippen molar-refractivity contribution in [1.82, 2.24) is 14.9 Å². The Hall–Kier alpha value is -3.35. The number of rotatable bonds is 4. The van der Waals surface area contributed by atoms with E-state index in [4.69, 9.17) is 0 Å². The third kappa shape index (κ3) is 4.39. The van der Waals surface area contributed by atoms with Gasteiger partial charge in [0.15, 0.2) is 0 Å². The number of anilines is 2. The number of halogens is 2. The molecule has 0 bridgehead atoms. The van der Waals surface area contributed by atoms with Crippen LogP contribution in [-0.4, -0.2) is 33.9 Å². The summed E-state index contributed by atoms with van der Waals surface area (Å²) in [6.07, 6.45) is 3.36. The normalized spacial score (nSPS) is 16.5. The van der Waals surface area contributed by atoms with Crippen molar-refractivity contribution in [1.29, 1.82) is 0 Å². The molecule has 0 radical (unpaired) electrons. The fourth-order valence-electron chi connectivity index (χ4n) is 3.53. The predicted octanol–water partition coefficient (Wildman–Crippen LogP) is 4.52. The lowest BCUT2D eigenvalue weighted by molar-refractivity contribution is 0.0701. The van der Waals surface area contributed by atoms with Crippen LogP contribution in [0.15, 0.2) is 60.8 Å². The number of nitrogens with one attached hydrogen (secondary N) is 1. The van der Waals surface area contributed by atoms with Crippen molar-refractivity contribution in [3.63, 3.8) is 0 Å². The molecule has 1 saturated heterocycles. The predicted molar refractivity (Wildman–Crippen MR) is 106 cm³/mol. The number of nitrogens with zero attached hydrogens (tertiary/aromatic N) is 3. The number of aromatic nitrogens is 2. The lowest BCUT2D eigenvalue weighted by atomic mass is 9.94. The largest absolute Gasteiger partial charge is 0.338 e. The van der Waals surface area contributed by atoms with Crippen molar-refractivity contribution >= 4 is 17.5 Å². The molecule has 1 aliphatic heterocycles. The smallest absolute Gasteiger partial charge is 0.256 e. The highest BCUT2D eigenvalue weighted by Gasteiger charge is 2.27. The number of hydrogen-bond donors (Lipinski definition) is 1. The van der Waals surface area contributed by atoms with Crippen LogP contribution in [0.4, 0.5) is 20.4 Å². The minimum absolute atomic E-state index is 0.0382. The first kappa shape index (κ1) is 19.0. The molecule has 2 heterocycles. The zero-order chi connectivity index (χ0) is 20.2. The highest BCUT2D eigenvalue weighted by Crippen LogP contribution is 2.27. The van der Waals surface area contributed by atoms with Crippen molar-refractivity contribution < 1.29 is 13.6 Å². The minimum atomic E-state index is -0.507. The Morgan fingerprint density at radius 2 is 1.86 bits per heavy atom. The fourth-order valence-corrected chi connectivity index (χ4v) is 3.53. The summed E-state index contributed by atoms with van der Waals surface area (Å²) >= 11 is 0. The van der Waals surface area contributed by atoms with Crippen LogP contribution in [0, 0.1) is 11.6 Å². The molecule has 1 fully saturated rings. The topological polar surface area (TPSA) is 58.1 Å². The lowest BCUT2D eigenvalue weighted by Gasteiger charge is -2.32. The molecule has 5 nitrogen and oxygen atoms in total. The summed E-state index contributed by atoms with van der Waals surface area (Å²) in [5.41, 5.74) is 1.59. The van der Waals surface area contributed by atoms with E-state index in [1.165, 1.54) is 24.3 Å². The van der Waals surface area contributed by atoms with E-state index in [0.717, 1.165) is 18.5 Å². The Morgan fingerprint density at radius 1 is 1.07 bits per heavy atom. The first-order valence-corrected chi connectivity index (χ1v) is 9.49.